The van der Waals surface area contributed by atoms with Gasteiger partial charge in [-0.1, -0.05) is 99.6 Å². The Morgan fingerprint density at radius 1 is 0.658 bits per heavy atom. The Kier molecular flexibility index (Phi) is 6.90. The van der Waals surface area contributed by atoms with Crippen LogP contribution in [0.4, 0.5) is 0 Å². The van der Waals surface area contributed by atoms with Crippen LogP contribution in [-0.2, 0) is 24.9 Å². The van der Waals surface area contributed by atoms with Gasteiger partial charge in [-0.2, -0.15) is 0 Å². The Balaban J connectivity index is 1.33. The van der Waals surface area contributed by atoms with Crippen LogP contribution in [0.15, 0.2) is 103 Å². The number of hydrogen-bond acceptors (Lipinski definition) is 2. The quantitative estimate of drug-likeness (QED) is 0.306. The van der Waals surface area contributed by atoms with Crippen molar-refractivity contribution in [1.82, 2.24) is 10.6 Å². The maximum absolute atomic E-state index is 12.9. The van der Waals surface area contributed by atoms with E-state index in [1.54, 1.807) is 0 Å². The molecule has 0 heterocycles. The first kappa shape index (κ1) is 25.5. The summed E-state index contributed by atoms with van der Waals surface area (Å²) in [4.78, 5) is 25.7. The van der Waals surface area contributed by atoms with E-state index in [0.29, 0.717) is 24.2 Å². The minimum absolute atomic E-state index is 0.0612. The predicted octanol–water partition coefficient (Wildman–Crippen LogP) is 6.43. The molecule has 4 aromatic carbocycles. The highest BCUT2D eigenvalue weighted by molar-refractivity contribution is 5.95. The van der Waals surface area contributed by atoms with Crippen molar-refractivity contribution in [3.63, 3.8) is 0 Å². The molecule has 2 N–H and O–H groups in total. The van der Waals surface area contributed by atoms with E-state index in [4.69, 9.17) is 0 Å². The minimum Gasteiger partial charge on any atom is -0.348 e. The van der Waals surface area contributed by atoms with E-state index in [2.05, 4.69) is 49.6 Å². The van der Waals surface area contributed by atoms with Crippen LogP contribution < -0.4 is 10.6 Å². The Bertz CT molecular complexity index is 1440. The van der Waals surface area contributed by atoms with Crippen molar-refractivity contribution < 1.29 is 9.59 Å². The van der Waals surface area contributed by atoms with Crippen molar-refractivity contribution in [1.29, 1.82) is 0 Å². The summed E-state index contributed by atoms with van der Waals surface area (Å²) in [6.07, 6.45) is 0.873. The van der Waals surface area contributed by atoms with Crippen LogP contribution >= 0.6 is 0 Å². The molecule has 1 aliphatic rings. The van der Waals surface area contributed by atoms with E-state index < -0.39 is 0 Å². The average molecular weight is 503 g/mol. The van der Waals surface area contributed by atoms with Crippen molar-refractivity contribution in [2.45, 2.75) is 45.7 Å². The van der Waals surface area contributed by atoms with Crippen molar-refractivity contribution in [2.75, 3.05) is 0 Å². The van der Waals surface area contributed by atoms with Gasteiger partial charge in [0.25, 0.3) is 11.8 Å². The molecule has 2 amide bonds. The van der Waals surface area contributed by atoms with Crippen LogP contribution in [0.2, 0.25) is 0 Å². The molecule has 1 atom stereocenters. The molecule has 4 heteroatoms. The van der Waals surface area contributed by atoms with E-state index in [0.717, 1.165) is 17.5 Å². The van der Waals surface area contributed by atoms with Gasteiger partial charge in [0.1, 0.15) is 0 Å². The molecule has 0 spiro atoms. The van der Waals surface area contributed by atoms with Crippen LogP contribution in [0.3, 0.4) is 0 Å². The van der Waals surface area contributed by atoms with Crippen molar-refractivity contribution in [3.05, 3.63) is 142 Å². The van der Waals surface area contributed by atoms with Gasteiger partial charge in [-0.3, -0.25) is 9.59 Å². The summed E-state index contributed by atoms with van der Waals surface area (Å²) >= 11 is 0. The second-order valence-corrected chi connectivity index (χ2v) is 11.0. The zero-order valence-corrected chi connectivity index (χ0v) is 22.3. The number of carbonyl (C=O) groups excluding carboxylic acids is 2. The highest BCUT2D eigenvalue weighted by Gasteiger charge is 2.50. The van der Waals surface area contributed by atoms with Gasteiger partial charge in [-0.15, -0.1) is 0 Å². The zero-order valence-electron chi connectivity index (χ0n) is 22.3. The number of carbonyl (C=O) groups is 2. The number of rotatable bonds is 7. The third-order valence-corrected chi connectivity index (χ3v) is 8.21. The van der Waals surface area contributed by atoms with Gasteiger partial charge < -0.3 is 10.6 Å². The molecular weight excluding hydrogens is 468 g/mol. The Morgan fingerprint density at radius 3 is 1.71 bits per heavy atom. The van der Waals surface area contributed by atoms with Crippen molar-refractivity contribution >= 4 is 11.8 Å². The van der Waals surface area contributed by atoms with E-state index in [-0.39, 0.29) is 22.6 Å². The van der Waals surface area contributed by atoms with Gasteiger partial charge in [-0.05, 0) is 63.9 Å². The summed E-state index contributed by atoms with van der Waals surface area (Å²) in [5.74, 6) is -0.142. The summed E-state index contributed by atoms with van der Waals surface area (Å²) in [5, 5.41) is 6.05. The highest BCUT2D eigenvalue weighted by Crippen LogP contribution is 2.55. The van der Waals surface area contributed by atoms with Gasteiger partial charge >= 0.3 is 0 Å². The fourth-order valence-electron chi connectivity index (χ4n) is 5.65. The first-order valence-corrected chi connectivity index (χ1v) is 13.2. The van der Waals surface area contributed by atoms with E-state index in [9.17, 15) is 9.59 Å². The topological polar surface area (TPSA) is 58.2 Å². The maximum atomic E-state index is 12.9. The summed E-state index contributed by atoms with van der Waals surface area (Å²) < 4.78 is 0. The lowest BCUT2D eigenvalue weighted by Crippen LogP contribution is -2.36. The molecule has 38 heavy (non-hydrogen) atoms. The summed E-state index contributed by atoms with van der Waals surface area (Å²) in [7, 11) is 0. The molecule has 4 aromatic rings. The van der Waals surface area contributed by atoms with Crippen LogP contribution in [0, 0.1) is 5.41 Å². The van der Waals surface area contributed by atoms with Gasteiger partial charge in [0, 0.05) is 29.6 Å². The number of amides is 2. The Hall–Kier alpha value is -4.18. The molecule has 0 aromatic heterocycles. The molecule has 0 bridgehead atoms. The summed E-state index contributed by atoms with van der Waals surface area (Å²) in [6, 6.07) is 33.9. The zero-order chi connectivity index (χ0) is 26.8. The Morgan fingerprint density at radius 2 is 1.16 bits per heavy atom. The average Bonchev–Trinajstić information content (AvgIpc) is 3.16. The second-order valence-electron chi connectivity index (χ2n) is 11.0. The largest absolute Gasteiger partial charge is 0.348 e. The molecule has 0 saturated heterocycles. The lowest BCUT2D eigenvalue weighted by Gasteiger charge is -2.40. The van der Waals surface area contributed by atoms with Gasteiger partial charge in [-0.25, -0.2) is 0 Å². The molecule has 5 rings (SSSR count). The Labute approximate surface area is 225 Å². The smallest absolute Gasteiger partial charge is 0.251 e. The normalized spacial score (nSPS) is 17.4. The van der Waals surface area contributed by atoms with Gasteiger partial charge in [0.2, 0.25) is 0 Å². The maximum Gasteiger partial charge on any atom is 0.251 e. The summed E-state index contributed by atoms with van der Waals surface area (Å²) in [6.45, 7) is 7.84. The first-order valence-electron chi connectivity index (χ1n) is 13.2. The molecule has 0 aliphatic heterocycles. The molecule has 0 unspecified atom stereocenters. The van der Waals surface area contributed by atoms with Crippen LogP contribution in [0.1, 0.15) is 69.3 Å². The number of fused-ring (bicyclic) bond motifs is 1. The second kappa shape index (κ2) is 10.3. The SMILES string of the molecule is CC1(C)Cc2cc(C(=O)NCc3ccccc3)ccc2[C@@]1(C)c1ccc(C(=O)NCc2ccccc2)cc1. The van der Waals surface area contributed by atoms with Crippen LogP contribution in [-0.4, -0.2) is 11.8 Å². The third kappa shape index (κ3) is 4.87. The van der Waals surface area contributed by atoms with Crippen molar-refractivity contribution in [2.24, 2.45) is 5.41 Å². The molecule has 1 aliphatic carbocycles. The molecule has 0 radical (unpaired) electrons. The lowest BCUT2D eigenvalue weighted by molar-refractivity contribution is 0.0943. The third-order valence-electron chi connectivity index (χ3n) is 8.21. The molecule has 0 fully saturated rings. The van der Waals surface area contributed by atoms with E-state index in [1.807, 2.05) is 84.9 Å². The van der Waals surface area contributed by atoms with Crippen molar-refractivity contribution in [3.8, 4) is 0 Å². The monoisotopic (exact) mass is 502 g/mol. The number of nitrogens with one attached hydrogen (secondary N) is 2. The molecular formula is C34H34N2O2. The van der Waals surface area contributed by atoms with Gasteiger partial charge in [0.05, 0.1) is 0 Å². The number of hydrogen-bond donors (Lipinski definition) is 2. The highest BCUT2D eigenvalue weighted by atomic mass is 16.2. The fraction of sp³-hybridized carbons (Fsp3) is 0.235. The van der Waals surface area contributed by atoms with Gasteiger partial charge in [0.15, 0.2) is 0 Å². The van der Waals surface area contributed by atoms with E-state index in [1.165, 1.54) is 16.7 Å². The molecule has 4 nitrogen and oxygen atoms in total. The summed E-state index contributed by atoms with van der Waals surface area (Å²) in [5.41, 5.74) is 6.78. The van der Waals surface area contributed by atoms with E-state index >= 15 is 0 Å². The number of benzene rings is 4. The molecule has 0 saturated carbocycles. The standard InChI is InChI=1S/C34H34N2O2/c1-33(2)21-28-20-27(32(38)36-23-25-12-8-5-9-13-25)16-19-30(28)34(33,3)29-17-14-26(15-18-29)31(37)35-22-24-10-6-4-7-11-24/h4-20H,21-23H2,1-3H3,(H,35,37)(H,36,38)/t34-/m1/s1. The minimum atomic E-state index is -0.250. The predicted molar refractivity (Wildman–Crippen MR) is 152 cm³/mol. The van der Waals surface area contributed by atoms with Crippen LogP contribution in [0.5, 0.6) is 0 Å². The first-order chi connectivity index (χ1) is 18.3. The fourth-order valence-corrected chi connectivity index (χ4v) is 5.65. The molecule has 192 valence electrons. The van der Waals surface area contributed by atoms with Crippen LogP contribution in [0.25, 0.3) is 0 Å². The lowest BCUT2D eigenvalue weighted by atomic mass is 9.63.